The number of Topliss-reactive ketones (excluding diaryl/α,β-unsaturated/α-hetero) is 1. The second kappa shape index (κ2) is 8.60. The van der Waals surface area contributed by atoms with Crippen molar-refractivity contribution in [1.29, 1.82) is 0 Å². The molecule has 0 fully saturated rings. The zero-order valence-corrected chi connectivity index (χ0v) is 17.1. The molecule has 2 aromatic carbocycles. The Bertz CT molecular complexity index is 1010. The molecule has 0 saturated carbocycles. The summed E-state index contributed by atoms with van der Waals surface area (Å²) in [4.78, 5) is 24.7. The number of carbonyl (C=O) groups is 2. The molecule has 1 heterocycles. The quantitative estimate of drug-likeness (QED) is 0.249. The van der Waals surface area contributed by atoms with Crippen LogP contribution in [-0.4, -0.2) is 33.9 Å². The minimum atomic E-state index is -0.865. The van der Waals surface area contributed by atoms with Gasteiger partial charge in [0.05, 0.1) is 11.3 Å². The van der Waals surface area contributed by atoms with Gasteiger partial charge in [0.2, 0.25) is 5.78 Å². The fraction of sp³-hybridized carbons (Fsp3) is 0.158. The van der Waals surface area contributed by atoms with Crippen molar-refractivity contribution in [2.24, 2.45) is 0 Å². The van der Waals surface area contributed by atoms with Crippen LogP contribution >= 0.6 is 35.3 Å². The number of ketones is 1. The zero-order valence-electron chi connectivity index (χ0n) is 14.6. The smallest absolute Gasteiger partial charge is 0.338 e. The fourth-order valence-electron chi connectivity index (χ4n) is 2.36. The molecule has 0 saturated heterocycles. The van der Waals surface area contributed by atoms with E-state index < -0.39 is 12.1 Å². The summed E-state index contributed by atoms with van der Waals surface area (Å²) >= 11 is 8.27. The molecule has 1 atom stereocenters. The number of esters is 1. The number of aromatic nitrogens is 2. The average Bonchev–Trinajstić information content (AvgIpc) is 3.09. The number of ether oxygens (including phenoxy) is 1. The highest BCUT2D eigenvalue weighted by Crippen LogP contribution is 2.22. The van der Waals surface area contributed by atoms with Crippen molar-refractivity contribution in [2.75, 3.05) is 6.26 Å². The van der Waals surface area contributed by atoms with Gasteiger partial charge in [-0.05, 0) is 49.7 Å². The normalized spacial score (nSPS) is 11.8. The van der Waals surface area contributed by atoms with Gasteiger partial charge in [0.1, 0.15) is 0 Å². The van der Waals surface area contributed by atoms with E-state index in [4.69, 9.17) is 17.0 Å². The van der Waals surface area contributed by atoms with Crippen LogP contribution in [-0.2, 0) is 4.74 Å². The Kier molecular flexibility index (Phi) is 6.20. The molecule has 0 aliphatic rings. The van der Waals surface area contributed by atoms with Crippen molar-refractivity contribution in [3.05, 3.63) is 69.7 Å². The lowest BCUT2D eigenvalue weighted by atomic mass is 10.1. The number of nitrogens with zero attached hydrogens (tertiary/aromatic N) is 2. The van der Waals surface area contributed by atoms with E-state index in [-0.39, 0.29) is 5.78 Å². The van der Waals surface area contributed by atoms with Crippen molar-refractivity contribution >= 4 is 47.1 Å². The Labute approximate surface area is 170 Å². The summed E-state index contributed by atoms with van der Waals surface area (Å²) in [6.07, 6.45) is 1.07. The van der Waals surface area contributed by atoms with Crippen molar-refractivity contribution in [3.8, 4) is 5.69 Å². The molecule has 0 amide bonds. The third kappa shape index (κ3) is 4.52. The monoisotopic (exact) mass is 416 g/mol. The first-order chi connectivity index (χ1) is 13.0. The number of rotatable bonds is 6. The van der Waals surface area contributed by atoms with Gasteiger partial charge in [-0.25, -0.2) is 9.48 Å². The Morgan fingerprint density at radius 1 is 1.11 bits per heavy atom. The highest BCUT2D eigenvalue weighted by molar-refractivity contribution is 8.00. The molecule has 0 spiro atoms. The molecular formula is C19H16N2O3S3. The Hall–Kier alpha value is -2.29. The Morgan fingerprint density at radius 2 is 1.78 bits per heavy atom. The second-order valence-electron chi connectivity index (χ2n) is 5.57. The summed E-state index contributed by atoms with van der Waals surface area (Å²) in [6, 6.07) is 15.5. The standard InChI is InChI=1S/C19H16N2O3S3/c1-12(16(22)13-6-4-3-5-7-13)24-17(23)14-8-10-15(11-9-14)21-19(25)27-18(20-21)26-2/h3-12H,1-2H3/t12-/m1/s1. The van der Waals surface area contributed by atoms with Crippen LogP contribution in [0.15, 0.2) is 58.9 Å². The van der Waals surface area contributed by atoms with Gasteiger partial charge < -0.3 is 4.74 Å². The van der Waals surface area contributed by atoms with Crippen LogP contribution in [0.5, 0.6) is 0 Å². The largest absolute Gasteiger partial charge is 0.451 e. The molecule has 0 radical (unpaired) electrons. The fourth-order valence-corrected chi connectivity index (χ4v) is 4.14. The minimum absolute atomic E-state index is 0.237. The molecule has 138 valence electrons. The number of hydrogen-bond donors (Lipinski definition) is 0. The third-order valence-electron chi connectivity index (χ3n) is 3.76. The van der Waals surface area contributed by atoms with Gasteiger partial charge in [0.15, 0.2) is 14.4 Å². The van der Waals surface area contributed by atoms with Crippen LogP contribution < -0.4 is 0 Å². The van der Waals surface area contributed by atoms with Crippen LogP contribution in [0.4, 0.5) is 0 Å². The lowest BCUT2D eigenvalue weighted by Gasteiger charge is -2.12. The summed E-state index contributed by atoms with van der Waals surface area (Å²) in [7, 11) is 0. The maximum Gasteiger partial charge on any atom is 0.338 e. The first kappa shape index (κ1) is 19.5. The first-order valence-corrected chi connectivity index (χ1v) is 10.5. The van der Waals surface area contributed by atoms with Gasteiger partial charge in [-0.15, -0.1) is 5.10 Å². The minimum Gasteiger partial charge on any atom is -0.451 e. The molecule has 0 aliphatic carbocycles. The van der Waals surface area contributed by atoms with E-state index in [1.54, 1.807) is 60.1 Å². The Balaban J connectivity index is 1.71. The summed E-state index contributed by atoms with van der Waals surface area (Å²) in [5.41, 5.74) is 1.63. The molecule has 8 heteroatoms. The molecule has 0 N–H and O–H groups in total. The van der Waals surface area contributed by atoms with Gasteiger partial charge in [-0.2, -0.15) is 0 Å². The molecule has 5 nitrogen and oxygen atoms in total. The maximum atomic E-state index is 12.3. The van der Waals surface area contributed by atoms with E-state index in [1.165, 1.54) is 23.1 Å². The predicted octanol–water partition coefficient (Wildman–Crippen LogP) is 4.81. The van der Waals surface area contributed by atoms with E-state index in [2.05, 4.69) is 5.10 Å². The second-order valence-corrected chi connectivity index (χ2v) is 8.25. The van der Waals surface area contributed by atoms with E-state index in [9.17, 15) is 9.59 Å². The maximum absolute atomic E-state index is 12.3. The molecule has 27 heavy (non-hydrogen) atoms. The van der Waals surface area contributed by atoms with Gasteiger partial charge in [-0.1, -0.05) is 53.4 Å². The molecule has 0 bridgehead atoms. The number of carbonyl (C=O) groups excluding carboxylic acids is 2. The molecule has 1 aromatic heterocycles. The van der Waals surface area contributed by atoms with E-state index in [0.29, 0.717) is 15.1 Å². The van der Waals surface area contributed by atoms with Crippen molar-refractivity contribution in [3.63, 3.8) is 0 Å². The van der Waals surface area contributed by atoms with Gasteiger partial charge in [-0.3, -0.25) is 4.79 Å². The molecule has 3 rings (SSSR count). The van der Waals surface area contributed by atoms with Crippen LogP contribution in [0.1, 0.15) is 27.6 Å². The van der Waals surface area contributed by atoms with Crippen LogP contribution in [0.25, 0.3) is 5.69 Å². The van der Waals surface area contributed by atoms with Crippen molar-refractivity contribution in [2.45, 2.75) is 17.4 Å². The molecule has 0 unspecified atom stereocenters. The molecular weight excluding hydrogens is 400 g/mol. The highest BCUT2D eigenvalue weighted by Gasteiger charge is 2.20. The van der Waals surface area contributed by atoms with Gasteiger partial charge in [0, 0.05) is 5.56 Å². The summed E-state index contributed by atoms with van der Waals surface area (Å²) in [5, 5.41) is 4.41. The number of benzene rings is 2. The predicted molar refractivity (Wildman–Crippen MR) is 110 cm³/mol. The topological polar surface area (TPSA) is 61.2 Å². The average molecular weight is 417 g/mol. The van der Waals surface area contributed by atoms with Gasteiger partial charge in [0.25, 0.3) is 0 Å². The lowest BCUT2D eigenvalue weighted by Crippen LogP contribution is -2.24. The third-order valence-corrected chi connectivity index (χ3v) is 5.97. The van der Waals surface area contributed by atoms with Gasteiger partial charge >= 0.3 is 5.97 Å². The number of hydrogen-bond acceptors (Lipinski definition) is 7. The molecule has 3 aromatic rings. The van der Waals surface area contributed by atoms with Crippen molar-refractivity contribution in [1.82, 2.24) is 9.78 Å². The summed E-state index contributed by atoms with van der Waals surface area (Å²) in [6.45, 7) is 1.57. The van der Waals surface area contributed by atoms with E-state index in [0.717, 1.165) is 10.0 Å². The van der Waals surface area contributed by atoms with Crippen LogP contribution in [0.2, 0.25) is 0 Å². The van der Waals surface area contributed by atoms with Crippen LogP contribution in [0.3, 0.4) is 0 Å². The summed E-state index contributed by atoms with van der Waals surface area (Å²) < 4.78 is 8.47. The number of thioether (sulfide) groups is 1. The van der Waals surface area contributed by atoms with E-state index in [1.807, 2.05) is 12.3 Å². The SMILES string of the molecule is CSc1nn(-c2ccc(C(=O)O[C@H](C)C(=O)c3ccccc3)cc2)c(=S)s1. The van der Waals surface area contributed by atoms with Crippen molar-refractivity contribution < 1.29 is 14.3 Å². The van der Waals surface area contributed by atoms with Crippen LogP contribution in [0, 0.1) is 3.95 Å². The molecule has 0 aliphatic heterocycles. The van der Waals surface area contributed by atoms with E-state index >= 15 is 0 Å². The first-order valence-electron chi connectivity index (χ1n) is 8.04. The summed E-state index contributed by atoms with van der Waals surface area (Å²) in [5.74, 6) is -0.788. The highest BCUT2D eigenvalue weighted by atomic mass is 32.2. The lowest BCUT2D eigenvalue weighted by molar-refractivity contribution is 0.0319. The Morgan fingerprint density at radius 3 is 2.37 bits per heavy atom. The zero-order chi connectivity index (χ0) is 19.4.